The molecule has 0 radical (unpaired) electrons. The summed E-state index contributed by atoms with van der Waals surface area (Å²) in [5.74, 6) is 4.98. The van der Waals surface area contributed by atoms with E-state index in [4.69, 9.17) is 9.47 Å². The summed E-state index contributed by atoms with van der Waals surface area (Å²) in [6, 6.07) is 0. The number of rotatable bonds is 15. The van der Waals surface area contributed by atoms with Crippen molar-refractivity contribution < 1.29 is 23.9 Å². The van der Waals surface area contributed by atoms with Crippen molar-refractivity contribution in [2.45, 2.75) is 163 Å². The number of nitrogens with zero attached hydrogens (tertiary/aromatic N) is 1. The number of alkyl carbamates (subject to hydrolysis) is 1. The van der Waals surface area contributed by atoms with E-state index in [1.807, 2.05) is 41.5 Å². The van der Waals surface area contributed by atoms with Crippen molar-refractivity contribution in [1.29, 1.82) is 0 Å². The molecular weight excluding hydrogens is 626 g/mol. The SMILES string of the molecule is C[C@H](CC(C=O)CNCCCN(CCCCNC(=O)OC(C)(C)C)C(=O)OC(C)(C)C)[C@H]1CCC2C3CCC4CCCC[C@]4(C)C3CC[C@@]21C. The fourth-order valence-corrected chi connectivity index (χ4v) is 11.3. The number of fused-ring (bicyclic) bond motifs is 5. The summed E-state index contributed by atoms with van der Waals surface area (Å²) >= 11 is 0. The third-order valence-electron chi connectivity index (χ3n) is 13.6. The molecular formula is C42H75N3O5. The summed E-state index contributed by atoms with van der Waals surface area (Å²) in [6.07, 6.45) is 18.0. The highest BCUT2D eigenvalue weighted by Crippen LogP contribution is 2.68. The first kappa shape index (κ1) is 40.9. The summed E-state index contributed by atoms with van der Waals surface area (Å²) in [5, 5.41) is 6.33. The van der Waals surface area contributed by atoms with Crippen molar-refractivity contribution in [1.82, 2.24) is 15.5 Å². The lowest BCUT2D eigenvalue weighted by Crippen LogP contribution is -2.53. The number of unbranched alkanes of at least 4 members (excludes halogenated alkanes) is 1. The van der Waals surface area contributed by atoms with Gasteiger partial charge in [-0.25, -0.2) is 9.59 Å². The van der Waals surface area contributed by atoms with Crippen molar-refractivity contribution in [3.63, 3.8) is 0 Å². The maximum absolute atomic E-state index is 13.0. The van der Waals surface area contributed by atoms with Crippen LogP contribution < -0.4 is 10.6 Å². The van der Waals surface area contributed by atoms with Gasteiger partial charge < -0.3 is 29.8 Å². The van der Waals surface area contributed by atoms with Crippen LogP contribution in [0.25, 0.3) is 0 Å². The van der Waals surface area contributed by atoms with E-state index in [1.165, 1.54) is 70.5 Å². The van der Waals surface area contributed by atoms with Crippen LogP contribution in [0.2, 0.25) is 0 Å². The van der Waals surface area contributed by atoms with Crippen LogP contribution in [0.3, 0.4) is 0 Å². The second-order valence-corrected chi connectivity index (χ2v) is 19.4. The highest BCUT2D eigenvalue weighted by atomic mass is 16.6. The zero-order valence-electron chi connectivity index (χ0n) is 33.5. The van der Waals surface area contributed by atoms with E-state index in [1.54, 1.807) is 4.90 Å². The van der Waals surface area contributed by atoms with Gasteiger partial charge in [0.25, 0.3) is 0 Å². The van der Waals surface area contributed by atoms with Crippen LogP contribution in [0.1, 0.15) is 152 Å². The summed E-state index contributed by atoms with van der Waals surface area (Å²) in [6.45, 7) is 22.0. The Hall–Kier alpha value is -1.83. The van der Waals surface area contributed by atoms with Crippen LogP contribution in [0.4, 0.5) is 9.59 Å². The van der Waals surface area contributed by atoms with Crippen LogP contribution in [-0.2, 0) is 14.3 Å². The fraction of sp³-hybridized carbons (Fsp3) is 0.929. The molecule has 0 aromatic heterocycles. The predicted molar refractivity (Wildman–Crippen MR) is 202 cm³/mol. The predicted octanol–water partition coefficient (Wildman–Crippen LogP) is 9.40. The minimum Gasteiger partial charge on any atom is -0.444 e. The number of nitrogens with one attached hydrogen (secondary N) is 2. The normalized spacial score (nSPS) is 32.1. The zero-order chi connectivity index (χ0) is 36.7. The molecule has 8 heteroatoms. The minimum atomic E-state index is -0.567. The second kappa shape index (κ2) is 17.3. The van der Waals surface area contributed by atoms with Crippen LogP contribution in [0, 0.1) is 52.3 Å². The van der Waals surface area contributed by atoms with Gasteiger partial charge in [-0.1, -0.05) is 33.6 Å². The number of carbonyl (C=O) groups is 3. The van der Waals surface area contributed by atoms with E-state index in [2.05, 4.69) is 31.4 Å². The number of carbonyl (C=O) groups excluding carboxylic acids is 3. The largest absolute Gasteiger partial charge is 0.444 e. The second-order valence-electron chi connectivity index (χ2n) is 19.4. The van der Waals surface area contributed by atoms with Gasteiger partial charge in [-0.05, 0) is 171 Å². The molecule has 0 aliphatic heterocycles. The van der Waals surface area contributed by atoms with Gasteiger partial charge >= 0.3 is 12.2 Å². The Labute approximate surface area is 305 Å². The molecule has 4 aliphatic carbocycles. The molecule has 2 N–H and O–H groups in total. The molecule has 2 amide bonds. The molecule has 8 nitrogen and oxygen atoms in total. The molecule has 5 unspecified atom stereocenters. The van der Waals surface area contributed by atoms with Crippen LogP contribution >= 0.6 is 0 Å². The van der Waals surface area contributed by atoms with Gasteiger partial charge in [-0.3, -0.25) is 0 Å². The molecule has 4 saturated carbocycles. The Morgan fingerprint density at radius 3 is 2.22 bits per heavy atom. The van der Waals surface area contributed by atoms with Gasteiger partial charge in [-0.2, -0.15) is 0 Å². The van der Waals surface area contributed by atoms with Gasteiger partial charge in [0, 0.05) is 32.1 Å². The first-order valence-corrected chi connectivity index (χ1v) is 20.6. The first-order chi connectivity index (χ1) is 23.5. The summed E-state index contributed by atoms with van der Waals surface area (Å²) in [5.41, 5.74) is -0.0804. The first-order valence-electron chi connectivity index (χ1n) is 20.6. The van der Waals surface area contributed by atoms with Crippen LogP contribution in [0.5, 0.6) is 0 Å². The molecule has 4 rings (SSSR count). The maximum Gasteiger partial charge on any atom is 0.410 e. The molecule has 50 heavy (non-hydrogen) atoms. The molecule has 0 aromatic rings. The molecule has 0 heterocycles. The standard InChI is InChI=1S/C42H75N3O5/c1-30(34-18-19-35-33-17-16-32-15-10-11-21-41(32,8)36(33)20-22-42(34,35)9)27-31(29-46)28-43-23-14-26-45(38(48)50-40(5,6)7)25-13-12-24-44-37(47)49-39(2,3)4/h29-36,43H,10-28H2,1-9H3,(H,44,47)/t30-,31?,32?,33?,34-,35?,36?,41+,42-/m1/s1. The van der Waals surface area contributed by atoms with Crippen LogP contribution in [-0.4, -0.2) is 67.3 Å². The molecule has 9 atom stereocenters. The zero-order valence-corrected chi connectivity index (χ0v) is 33.5. The van der Waals surface area contributed by atoms with E-state index in [-0.39, 0.29) is 12.0 Å². The minimum absolute atomic E-state index is 0.0139. The lowest BCUT2D eigenvalue weighted by molar-refractivity contribution is -0.116. The third kappa shape index (κ3) is 10.6. The van der Waals surface area contributed by atoms with E-state index in [9.17, 15) is 14.4 Å². The maximum atomic E-state index is 13.0. The third-order valence-corrected chi connectivity index (χ3v) is 13.6. The van der Waals surface area contributed by atoms with Crippen molar-refractivity contribution in [2.75, 3.05) is 32.7 Å². The Kier molecular flexibility index (Phi) is 14.2. The average molecular weight is 702 g/mol. The average Bonchev–Trinajstić information content (AvgIpc) is 3.38. The van der Waals surface area contributed by atoms with Gasteiger partial charge in [0.05, 0.1) is 0 Å². The Morgan fingerprint density at radius 2 is 1.52 bits per heavy atom. The lowest BCUT2D eigenvalue weighted by Gasteiger charge is -2.61. The van der Waals surface area contributed by atoms with E-state index < -0.39 is 17.3 Å². The van der Waals surface area contributed by atoms with Crippen molar-refractivity contribution in [2.24, 2.45) is 52.3 Å². The highest BCUT2D eigenvalue weighted by Gasteiger charge is 2.60. The van der Waals surface area contributed by atoms with E-state index in [0.29, 0.717) is 42.9 Å². The van der Waals surface area contributed by atoms with Crippen molar-refractivity contribution in [3.05, 3.63) is 0 Å². The fourth-order valence-electron chi connectivity index (χ4n) is 11.3. The van der Waals surface area contributed by atoms with Crippen molar-refractivity contribution in [3.8, 4) is 0 Å². The number of hydrogen-bond acceptors (Lipinski definition) is 6. The summed E-state index contributed by atoms with van der Waals surface area (Å²) in [4.78, 5) is 39.0. The topological polar surface area (TPSA) is 97.0 Å². The molecule has 0 spiro atoms. The van der Waals surface area contributed by atoms with Crippen LogP contribution in [0.15, 0.2) is 0 Å². The Bertz CT molecular complexity index is 1120. The molecule has 0 aromatic carbocycles. The van der Waals surface area contributed by atoms with Gasteiger partial charge in [0.15, 0.2) is 0 Å². The number of amides is 2. The molecule has 4 aliphatic rings. The summed E-state index contributed by atoms with van der Waals surface area (Å²) in [7, 11) is 0. The van der Waals surface area contributed by atoms with Gasteiger partial charge in [0.1, 0.15) is 17.5 Å². The van der Waals surface area contributed by atoms with Crippen molar-refractivity contribution >= 4 is 18.5 Å². The smallest absolute Gasteiger partial charge is 0.410 e. The monoisotopic (exact) mass is 702 g/mol. The molecule has 0 bridgehead atoms. The Morgan fingerprint density at radius 1 is 0.820 bits per heavy atom. The number of aldehydes is 1. The van der Waals surface area contributed by atoms with Gasteiger partial charge in [-0.15, -0.1) is 0 Å². The quantitative estimate of drug-likeness (QED) is 0.130. The number of ether oxygens (including phenoxy) is 2. The lowest BCUT2D eigenvalue weighted by atomic mass is 9.44. The summed E-state index contributed by atoms with van der Waals surface area (Å²) < 4.78 is 11.0. The van der Waals surface area contributed by atoms with Gasteiger partial charge in [0.2, 0.25) is 0 Å². The molecule has 0 saturated heterocycles. The van der Waals surface area contributed by atoms with E-state index >= 15 is 0 Å². The Balaban J connectivity index is 1.20. The number of hydrogen-bond donors (Lipinski definition) is 2. The molecule has 288 valence electrons. The highest BCUT2D eigenvalue weighted by molar-refractivity contribution is 5.68. The molecule has 4 fully saturated rings. The van der Waals surface area contributed by atoms with E-state index in [0.717, 1.165) is 61.8 Å².